The van der Waals surface area contributed by atoms with Crippen LogP contribution >= 0.6 is 0 Å². The number of carbonyl (C=O) groups is 1. The van der Waals surface area contributed by atoms with E-state index in [2.05, 4.69) is 0 Å². The molecule has 3 heteroatoms. The van der Waals surface area contributed by atoms with E-state index in [1.165, 1.54) is 0 Å². The predicted molar refractivity (Wildman–Crippen MR) is 72.4 cm³/mol. The molecule has 0 bridgehead atoms. The molecule has 3 rings (SSSR count). The number of methoxy groups -OCH3 is 1. The summed E-state index contributed by atoms with van der Waals surface area (Å²) in [5.74, 6) is 0.511. The number of rotatable bonds is 2. The highest BCUT2D eigenvalue weighted by Crippen LogP contribution is 2.35. The Kier molecular flexibility index (Phi) is 2.95. The van der Waals surface area contributed by atoms with E-state index in [4.69, 9.17) is 9.47 Å². The van der Waals surface area contributed by atoms with E-state index < -0.39 is 0 Å². The van der Waals surface area contributed by atoms with Crippen molar-refractivity contribution in [2.24, 2.45) is 0 Å². The Balaban J connectivity index is 2.23. The molecule has 96 valence electrons. The summed E-state index contributed by atoms with van der Waals surface area (Å²) in [5.41, 5.74) is 3.50. The van der Waals surface area contributed by atoms with Crippen molar-refractivity contribution >= 4 is 5.97 Å². The third-order valence-electron chi connectivity index (χ3n) is 3.36. The van der Waals surface area contributed by atoms with Gasteiger partial charge < -0.3 is 9.47 Å². The molecule has 19 heavy (non-hydrogen) atoms. The zero-order valence-electron chi connectivity index (χ0n) is 10.7. The molecular weight excluding hydrogens is 240 g/mol. The van der Waals surface area contributed by atoms with Crippen LogP contribution in [0.15, 0.2) is 42.5 Å². The van der Waals surface area contributed by atoms with Gasteiger partial charge in [0.2, 0.25) is 0 Å². The number of para-hydroxylation sites is 1. The molecule has 1 aliphatic rings. The normalized spacial score (nSPS) is 13.6. The van der Waals surface area contributed by atoms with Crippen molar-refractivity contribution in [2.75, 3.05) is 13.7 Å². The summed E-state index contributed by atoms with van der Waals surface area (Å²) in [6.45, 7) is 0.460. The van der Waals surface area contributed by atoms with Gasteiger partial charge in [-0.25, -0.2) is 4.79 Å². The summed E-state index contributed by atoms with van der Waals surface area (Å²) < 4.78 is 10.5. The van der Waals surface area contributed by atoms with Crippen LogP contribution in [0, 0.1) is 0 Å². The van der Waals surface area contributed by atoms with Crippen molar-refractivity contribution in [1.29, 1.82) is 0 Å². The van der Waals surface area contributed by atoms with Gasteiger partial charge in [-0.3, -0.25) is 0 Å². The highest BCUT2D eigenvalue weighted by atomic mass is 16.5. The molecule has 0 radical (unpaired) electrons. The lowest BCUT2D eigenvalue weighted by Crippen LogP contribution is -2.18. The van der Waals surface area contributed by atoms with Gasteiger partial charge >= 0.3 is 5.97 Å². The molecular formula is C16H14O3. The van der Waals surface area contributed by atoms with Gasteiger partial charge in [0.1, 0.15) is 5.75 Å². The summed E-state index contributed by atoms with van der Waals surface area (Å²) in [7, 11) is 1.63. The van der Waals surface area contributed by atoms with Crippen LogP contribution in [0.3, 0.4) is 0 Å². The second-order valence-corrected chi connectivity index (χ2v) is 4.43. The van der Waals surface area contributed by atoms with Gasteiger partial charge in [-0.05, 0) is 11.6 Å². The van der Waals surface area contributed by atoms with Crippen molar-refractivity contribution in [1.82, 2.24) is 0 Å². The van der Waals surface area contributed by atoms with Crippen molar-refractivity contribution in [2.45, 2.75) is 6.42 Å². The second-order valence-electron chi connectivity index (χ2n) is 4.43. The van der Waals surface area contributed by atoms with E-state index in [-0.39, 0.29) is 5.97 Å². The average Bonchev–Trinajstić information content (AvgIpc) is 2.47. The van der Waals surface area contributed by atoms with E-state index >= 15 is 0 Å². The molecule has 0 unspecified atom stereocenters. The third-order valence-corrected chi connectivity index (χ3v) is 3.36. The maximum atomic E-state index is 12.0. The minimum atomic E-state index is -0.247. The molecule has 0 atom stereocenters. The first-order valence-electron chi connectivity index (χ1n) is 6.23. The smallest absolute Gasteiger partial charge is 0.339 e. The van der Waals surface area contributed by atoms with E-state index in [1.807, 2.05) is 42.5 Å². The Hall–Kier alpha value is -2.29. The Labute approximate surface area is 111 Å². The molecule has 0 amide bonds. The molecule has 0 aromatic heterocycles. The van der Waals surface area contributed by atoms with Crippen LogP contribution in [0.1, 0.15) is 15.9 Å². The maximum absolute atomic E-state index is 12.0. The number of ether oxygens (including phenoxy) is 2. The molecule has 0 aliphatic carbocycles. The monoisotopic (exact) mass is 254 g/mol. The summed E-state index contributed by atoms with van der Waals surface area (Å²) in [6, 6.07) is 13.6. The zero-order valence-corrected chi connectivity index (χ0v) is 10.7. The Bertz CT molecular complexity index is 632. The highest BCUT2D eigenvalue weighted by molar-refractivity contribution is 6.00. The van der Waals surface area contributed by atoms with Gasteiger partial charge in [-0.1, -0.05) is 36.4 Å². The van der Waals surface area contributed by atoms with Crippen LogP contribution in [-0.4, -0.2) is 19.7 Å². The van der Waals surface area contributed by atoms with Gasteiger partial charge in [-0.2, -0.15) is 0 Å². The molecule has 2 aromatic rings. The number of fused-ring (bicyclic) bond motifs is 1. The van der Waals surface area contributed by atoms with Crippen LogP contribution in [0.5, 0.6) is 5.75 Å². The van der Waals surface area contributed by atoms with Gasteiger partial charge in [-0.15, -0.1) is 0 Å². The standard InChI is InChI=1S/C16H14O3/c1-18-14-8-3-2-6-12(14)13-7-4-5-11-9-10-19-16(17)15(11)13/h2-8H,9-10H2,1H3. The lowest BCUT2D eigenvalue weighted by molar-refractivity contribution is 0.0481. The maximum Gasteiger partial charge on any atom is 0.339 e. The second kappa shape index (κ2) is 4.76. The quantitative estimate of drug-likeness (QED) is 0.773. The van der Waals surface area contributed by atoms with E-state index in [9.17, 15) is 4.79 Å². The molecule has 0 saturated heterocycles. The number of benzene rings is 2. The summed E-state index contributed by atoms with van der Waals surface area (Å²) >= 11 is 0. The SMILES string of the molecule is COc1ccccc1-c1cccc2c1C(=O)OCC2. The van der Waals surface area contributed by atoms with E-state index in [0.717, 1.165) is 28.9 Å². The number of hydrogen-bond donors (Lipinski definition) is 0. The van der Waals surface area contributed by atoms with Crippen molar-refractivity contribution in [3.8, 4) is 16.9 Å². The van der Waals surface area contributed by atoms with Crippen LogP contribution in [0.2, 0.25) is 0 Å². The highest BCUT2D eigenvalue weighted by Gasteiger charge is 2.23. The Morgan fingerprint density at radius 2 is 1.84 bits per heavy atom. The first kappa shape index (κ1) is 11.8. The fourth-order valence-corrected chi connectivity index (χ4v) is 2.47. The molecule has 0 N–H and O–H groups in total. The summed E-state index contributed by atoms with van der Waals surface area (Å²) in [6.07, 6.45) is 0.768. The Morgan fingerprint density at radius 1 is 1.05 bits per heavy atom. The van der Waals surface area contributed by atoms with Gasteiger partial charge in [0.25, 0.3) is 0 Å². The average molecular weight is 254 g/mol. The summed E-state index contributed by atoms with van der Waals surface area (Å²) in [5, 5.41) is 0. The molecule has 3 nitrogen and oxygen atoms in total. The van der Waals surface area contributed by atoms with Crippen molar-refractivity contribution < 1.29 is 14.3 Å². The number of carbonyl (C=O) groups excluding carboxylic acids is 1. The molecule has 0 saturated carbocycles. The third kappa shape index (κ3) is 1.97. The molecule has 0 fully saturated rings. The van der Waals surface area contributed by atoms with Crippen LogP contribution in [-0.2, 0) is 11.2 Å². The first-order valence-corrected chi connectivity index (χ1v) is 6.23. The number of hydrogen-bond acceptors (Lipinski definition) is 3. The lowest BCUT2D eigenvalue weighted by atomic mass is 9.92. The largest absolute Gasteiger partial charge is 0.496 e. The Morgan fingerprint density at radius 3 is 2.68 bits per heavy atom. The predicted octanol–water partition coefficient (Wildman–Crippen LogP) is 3.08. The first-order chi connectivity index (χ1) is 9.31. The van der Waals surface area contributed by atoms with Crippen LogP contribution in [0.4, 0.5) is 0 Å². The van der Waals surface area contributed by atoms with Crippen molar-refractivity contribution in [3.63, 3.8) is 0 Å². The van der Waals surface area contributed by atoms with E-state index in [1.54, 1.807) is 7.11 Å². The van der Waals surface area contributed by atoms with Gasteiger partial charge in [0.15, 0.2) is 0 Å². The fraction of sp³-hybridized carbons (Fsp3) is 0.188. The van der Waals surface area contributed by atoms with Crippen molar-refractivity contribution in [3.05, 3.63) is 53.6 Å². The van der Waals surface area contributed by atoms with Gasteiger partial charge in [0.05, 0.1) is 19.3 Å². The minimum absolute atomic E-state index is 0.247. The van der Waals surface area contributed by atoms with Gasteiger partial charge in [0, 0.05) is 17.5 Å². The fourth-order valence-electron chi connectivity index (χ4n) is 2.47. The molecule has 0 spiro atoms. The number of esters is 1. The lowest BCUT2D eigenvalue weighted by Gasteiger charge is -2.19. The zero-order chi connectivity index (χ0) is 13.2. The number of cyclic esters (lactones) is 1. The molecule has 1 aliphatic heterocycles. The summed E-state index contributed by atoms with van der Waals surface area (Å²) in [4.78, 5) is 12.0. The molecule has 1 heterocycles. The topological polar surface area (TPSA) is 35.5 Å². The van der Waals surface area contributed by atoms with Crippen LogP contribution in [0.25, 0.3) is 11.1 Å². The minimum Gasteiger partial charge on any atom is -0.496 e. The van der Waals surface area contributed by atoms with Crippen LogP contribution < -0.4 is 4.74 Å². The molecule has 2 aromatic carbocycles. The van der Waals surface area contributed by atoms with E-state index in [0.29, 0.717) is 12.2 Å².